The maximum atomic E-state index is 5.27. The van der Waals surface area contributed by atoms with E-state index >= 15 is 0 Å². The minimum atomic E-state index is 0.0293. The summed E-state index contributed by atoms with van der Waals surface area (Å²) in [4.78, 5) is 15.6. The molecule has 3 heteroatoms. The summed E-state index contributed by atoms with van der Waals surface area (Å²) >= 11 is 0. The Kier molecular flexibility index (Phi) is 8.81. The van der Waals surface area contributed by atoms with Crippen LogP contribution in [0, 0.1) is 23.7 Å². The van der Waals surface area contributed by atoms with Crippen LogP contribution in [0.2, 0.25) is 0 Å². The Balaban J connectivity index is 1.04. The van der Waals surface area contributed by atoms with Gasteiger partial charge in [-0.05, 0) is 134 Å². The van der Waals surface area contributed by atoms with Crippen molar-refractivity contribution < 1.29 is 0 Å². The number of hydrogen-bond acceptors (Lipinski definition) is 3. The van der Waals surface area contributed by atoms with Gasteiger partial charge in [0, 0.05) is 22.1 Å². The van der Waals surface area contributed by atoms with E-state index in [9.17, 15) is 0 Å². The lowest BCUT2D eigenvalue weighted by atomic mass is 9.49. The highest BCUT2D eigenvalue weighted by Crippen LogP contribution is 2.65. The average Bonchev–Trinajstić information content (AvgIpc) is 3.62. The number of aromatic nitrogens is 3. The van der Waals surface area contributed by atoms with Gasteiger partial charge in [-0.2, -0.15) is 0 Å². The van der Waals surface area contributed by atoms with Gasteiger partial charge in [0.1, 0.15) is 0 Å². The first-order valence-corrected chi connectivity index (χ1v) is 22.7. The third-order valence-corrected chi connectivity index (χ3v) is 15.1. The Hall–Kier alpha value is -6.71. The molecule has 3 nitrogen and oxygen atoms in total. The van der Waals surface area contributed by atoms with Gasteiger partial charge >= 0.3 is 0 Å². The third kappa shape index (κ3) is 5.82. The summed E-state index contributed by atoms with van der Waals surface area (Å²) in [6.45, 7) is 5.00. The van der Waals surface area contributed by atoms with Crippen molar-refractivity contribution in [1.82, 2.24) is 15.0 Å². The molecule has 1 heterocycles. The molecule has 9 aromatic rings. The molecule has 5 atom stereocenters. The summed E-state index contributed by atoms with van der Waals surface area (Å²) in [5, 5.41) is 4.96. The van der Waals surface area contributed by atoms with E-state index in [-0.39, 0.29) is 5.41 Å². The zero-order valence-electron chi connectivity index (χ0n) is 35.4. The van der Waals surface area contributed by atoms with Crippen molar-refractivity contribution in [3.05, 3.63) is 187 Å². The molecule has 0 N–H and O–H groups in total. The van der Waals surface area contributed by atoms with Gasteiger partial charge in [-0.3, -0.25) is 0 Å². The van der Waals surface area contributed by atoms with Gasteiger partial charge in [-0.25, -0.2) is 15.0 Å². The normalized spacial score (nSPS) is 21.3. The molecule has 2 saturated carbocycles. The maximum Gasteiger partial charge on any atom is 0.164 e. The van der Waals surface area contributed by atoms with E-state index in [4.69, 9.17) is 15.0 Å². The fourth-order valence-corrected chi connectivity index (χ4v) is 12.4. The van der Waals surface area contributed by atoms with Crippen molar-refractivity contribution in [2.45, 2.75) is 51.4 Å². The lowest BCUT2D eigenvalue weighted by molar-refractivity contribution is 0.0369. The molecule has 300 valence electrons. The van der Waals surface area contributed by atoms with Crippen LogP contribution in [-0.2, 0) is 5.41 Å². The first-order valence-electron chi connectivity index (χ1n) is 22.7. The van der Waals surface area contributed by atoms with Crippen molar-refractivity contribution in [2.24, 2.45) is 23.7 Å². The van der Waals surface area contributed by atoms with Crippen LogP contribution < -0.4 is 0 Å². The van der Waals surface area contributed by atoms with Crippen LogP contribution in [0.25, 0.3) is 89.1 Å². The number of hydrogen-bond donors (Lipinski definition) is 0. The second-order valence-corrected chi connectivity index (χ2v) is 18.3. The Morgan fingerprint density at radius 1 is 0.435 bits per heavy atom. The minimum Gasteiger partial charge on any atom is -0.208 e. The SMILES string of the molecule is CCC1CC2CC(C)C3(c4ccccc4-c4cc5cccc(-c6ccccc6-c6ccccc6-c6nc(-c7ccccc7)nc(-c7ccc8ccccc8c7)n6)c5cc43)C(C1)C2. The first kappa shape index (κ1) is 37.1. The molecule has 1 spiro atoms. The monoisotopic (exact) mass is 799 g/mol. The van der Waals surface area contributed by atoms with E-state index < -0.39 is 0 Å². The van der Waals surface area contributed by atoms with Crippen LogP contribution in [0.5, 0.6) is 0 Å². The molecule has 62 heavy (non-hydrogen) atoms. The molecule has 3 aliphatic carbocycles. The Morgan fingerprint density at radius 2 is 1.05 bits per heavy atom. The predicted molar refractivity (Wildman–Crippen MR) is 257 cm³/mol. The van der Waals surface area contributed by atoms with Crippen molar-refractivity contribution in [2.75, 3.05) is 0 Å². The molecule has 2 bridgehead atoms. The van der Waals surface area contributed by atoms with Crippen molar-refractivity contribution >= 4 is 21.5 Å². The summed E-state index contributed by atoms with van der Waals surface area (Å²) in [6.07, 6.45) is 6.68. The van der Waals surface area contributed by atoms with Gasteiger partial charge in [0.15, 0.2) is 17.5 Å². The van der Waals surface area contributed by atoms with Gasteiger partial charge < -0.3 is 0 Å². The van der Waals surface area contributed by atoms with Gasteiger partial charge in [-0.1, -0.05) is 178 Å². The van der Waals surface area contributed by atoms with E-state index in [1.807, 2.05) is 18.2 Å². The Labute approximate surface area is 364 Å². The zero-order valence-corrected chi connectivity index (χ0v) is 35.4. The molecule has 0 radical (unpaired) electrons. The quantitative estimate of drug-likeness (QED) is 0.168. The first-order chi connectivity index (χ1) is 30.6. The molecule has 0 amide bonds. The smallest absolute Gasteiger partial charge is 0.164 e. The number of benzene rings is 8. The van der Waals surface area contributed by atoms with E-state index in [0.29, 0.717) is 29.3 Å². The standard InChI is InChI=1S/C59H49N3/c1-3-38-31-39-30-37(2)59(45(32-38)33-39)54-27-14-13-24-50(54)53-35-43-20-15-26-49(52(43)36-55(53)59)47-22-10-9-21-46(47)48-23-11-12-25-51(48)58-61-56(41-17-5-4-6-18-41)60-57(62-58)44-29-28-40-16-7-8-19-42(40)34-44/h4-29,34-39,45H,3,30-33H2,1-2H3. The Bertz CT molecular complexity index is 3180. The van der Waals surface area contributed by atoms with E-state index in [0.717, 1.165) is 45.0 Å². The van der Waals surface area contributed by atoms with Crippen LogP contribution in [0.1, 0.15) is 57.1 Å². The molecule has 12 rings (SSSR count). The molecule has 0 saturated heterocycles. The summed E-state index contributed by atoms with van der Waals surface area (Å²) in [6, 6.07) is 64.3. The minimum absolute atomic E-state index is 0.0293. The van der Waals surface area contributed by atoms with Crippen molar-refractivity contribution in [1.29, 1.82) is 0 Å². The Morgan fingerprint density at radius 3 is 1.84 bits per heavy atom. The summed E-state index contributed by atoms with van der Waals surface area (Å²) in [5.74, 6) is 4.87. The third-order valence-electron chi connectivity index (χ3n) is 15.1. The predicted octanol–water partition coefficient (Wildman–Crippen LogP) is 15.3. The van der Waals surface area contributed by atoms with E-state index in [1.54, 1.807) is 11.1 Å². The van der Waals surface area contributed by atoms with Crippen LogP contribution in [0.3, 0.4) is 0 Å². The van der Waals surface area contributed by atoms with E-state index in [1.165, 1.54) is 70.5 Å². The fraction of sp³-hybridized carbons (Fsp3) is 0.203. The molecule has 1 aromatic heterocycles. The number of fused-ring (bicyclic) bond motifs is 10. The molecule has 5 unspecified atom stereocenters. The van der Waals surface area contributed by atoms with Crippen LogP contribution in [-0.4, -0.2) is 15.0 Å². The summed E-state index contributed by atoms with van der Waals surface area (Å²) < 4.78 is 0. The van der Waals surface area contributed by atoms with Gasteiger partial charge in [0.05, 0.1) is 0 Å². The zero-order chi connectivity index (χ0) is 41.4. The van der Waals surface area contributed by atoms with Gasteiger partial charge in [-0.15, -0.1) is 0 Å². The second-order valence-electron chi connectivity index (χ2n) is 18.3. The topological polar surface area (TPSA) is 38.7 Å². The molecule has 8 aromatic carbocycles. The molecular weight excluding hydrogens is 751 g/mol. The molecule has 3 aliphatic rings. The van der Waals surface area contributed by atoms with Gasteiger partial charge in [0.25, 0.3) is 0 Å². The largest absolute Gasteiger partial charge is 0.208 e. The molecule has 0 aliphatic heterocycles. The fourth-order valence-electron chi connectivity index (χ4n) is 12.4. The highest BCUT2D eigenvalue weighted by molar-refractivity contribution is 6.05. The highest BCUT2D eigenvalue weighted by atomic mass is 15.0. The lowest BCUT2D eigenvalue weighted by Gasteiger charge is -2.54. The van der Waals surface area contributed by atoms with E-state index in [2.05, 4.69) is 172 Å². The second kappa shape index (κ2) is 14.7. The van der Waals surface area contributed by atoms with Crippen LogP contribution in [0.4, 0.5) is 0 Å². The maximum absolute atomic E-state index is 5.27. The number of rotatable bonds is 6. The highest BCUT2D eigenvalue weighted by Gasteiger charge is 2.56. The van der Waals surface area contributed by atoms with Crippen molar-refractivity contribution in [3.8, 4) is 67.5 Å². The van der Waals surface area contributed by atoms with Crippen molar-refractivity contribution in [3.63, 3.8) is 0 Å². The molecular formula is C59H49N3. The van der Waals surface area contributed by atoms with Crippen LogP contribution >= 0.6 is 0 Å². The number of nitrogens with zero attached hydrogens (tertiary/aromatic N) is 3. The summed E-state index contributed by atoms with van der Waals surface area (Å²) in [5.41, 5.74) is 13.7. The van der Waals surface area contributed by atoms with Crippen LogP contribution in [0.15, 0.2) is 176 Å². The average molecular weight is 800 g/mol. The van der Waals surface area contributed by atoms with Gasteiger partial charge in [0.2, 0.25) is 0 Å². The summed E-state index contributed by atoms with van der Waals surface area (Å²) in [7, 11) is 0. The molecule has 2 fully saturated rings. The lowest BCUT2D eigenvalue weighted by Crippen LogP contribution is -2.49.